The molecule has 1 aliphatic rings. The van der Waals surface area contributed by atoms with Crippen LogP contribution in [0.2, 0.25) is 0 Å². The first-order valence-corrected chi connectivity index (χ1v) is 10.2. The first-order valence-electron chi connectivity index (χ1n) is 9.28. The van der Waals surface area contributed by atoms with Crippen molar-refractivity contribution in [2.75, 3.05) is 31.1 Å². The van der Waals surface area contributed by atoms with E-state index in [9.17, 15) is 9.59 Å². The number of hydrogen-bond acceptors (Lipinski definition) is 4. The van der Waals surface area contributed by atoms with Crippen molar-refractivity contribution in [3.63, 3.8) is 0 Å². The highest BCUT2D eigenvalue weighted by Gasteiger charge is 2.30. The Balaban J connectivity index is 1.48. The second kappa shape index (κ2) is 8.52. The lowest BCUT2D eigenvalue weighted by atomic mass is 10.0. The van der Waals surface area contributed by atoms with Gasteiger partial charge in [0.15, 0.2) is 0 Å². The minimum Gasteiger partial charge on any atom is -0.354 e. The van der Waals surface area contributed by atoms with Gasteiger partial charge in [0, 0.05) is 37.1 Å². The smallest absolute Gasteiger partial charge is 0.325 e. The summed E-state index contributed by atoms with van der Waals surface area (Å²) in [5, 5.41) is 5.91. The van der Waals surface area contributed by atoms with E-state index >= 15 is 0 Å². The van der Waals surface area contributed by atoms with Gasteiger partial charge in [0.25, 0.3) is 0 Å². The number of aromatic nitrogens is 1. The van der Waals surface area contributed by atoms with Crippen molar-refractivity contribution in [3.05, 3.63) is 45.9 Å². The van der Waals surface area contributed by atoms with Crippen LogP contribution in [0.15, 0.2) is 29.6 Å². The molecule has 1 aromatic carbocycles. The van der Waals surface area contributed by atoms with Gasteiger partial charge in [-0.1, -0.05) is 26.0 Å². The van der Waals surface area contributed by atoms with E-state index in [1.807, 2.05) is 24.4 Å². The maximum Gasteiger partial charge on any atom is 0.325 e. The quantitative estimate of drug-likeness (QED) is 0.795. The number of nitrogens with zero attached hydrogens (tertiary/aromatic N) is 3. The first-order chi connectivity index (χ1) is 12.9. The molecule has 27 heavy (non-hydrogen) atoms. The predicted octanol–water partition coefficient (Wildman–Crippen LogP) is 3.18. The molecule has 1 fully saturated rings. The summed E-state index contributed by atoms with van der Waals surface area (Å²) in [6, 6.07) is 7.96. The van der Waals surface area contributed by atoms with Gasteiger partial charge in [-0.2, -0.15) is 0 Å². The number of nitrogens with one attached hydrogen (secondary N) is 1. The summed E-state index contributed by atoms with van der Waals surface area (Å²) in [7, 11) is 0. The summed E-state index contributed by atoms with van der Waals surface area (Å²) in [6.45, 7) is 8.04. The minimum absolute atomic E-state index is 0.0928. The van der Waals surface area contributed by atoms with Crippen LogP contribution < -0.4 is 10.2 Å². The van der Waals surface area contributed by atoms with Crippen LogP contribution >= 0.6 is 11.3 Å². The molecule has 0 saturated carbocycles. The molecule has 6 nitrogen and oxygen atoms in total. The number of aryl methyl sites for hydroxylation is 1. The Morgan fingerprint density at radius 1 is 1.26 bits per heavy atom. The van der Waals surface area contributed by atoms with Crippen molar-refractivity contribution in [1.82, 2.24) is 15.2 Å². The maximum atomic E-state index is 12.6. The highest BCUT2D eigenvalue weighted by Crippen LogP contribution is 2.23. The maximum absolute atomic E-state index is 12.6. The summed E-state index contributed by atoms with van der Waals surface area (Å²) < 4.78 is 0. The number of urea groups is 1. The number of benzene rings is 1. The monoisotopic (exact) mass is 386 g/mol. The highest BCUT2D eigenvalue weighted by molar-refractivity contribution is 7.09. The zero-order valence-corrected chi connectivity index (χ0v) is 16.9. The standard InChI is InChI=1S/C20H26N4O2S/c1-14(2)16-4-6-18(7-5-16)24-11-10-23(20(24)26)12-19(25)21-9-8-17-13-27-15(3)22-17/h4-7,13-14H,8-12H2,1-3H3,(H,21,25). The van der Waals surface area contributed by atoms with Gasteiger partial charge in [-0.25, -0.2) is 9.78 Å². The third-order valence-electron chi connectivity index (χ3n) is 4.67. The normalized spacial score (nSPS) is 14.3. The molecule has 0 bridgehead atoms. The SMILES string of the molecule is Cc1nc(CCNC(=O)CN2CCN(c3ccc(C(C)C)cc3)C2=O)cs1. The van der Waals surface area contributed by atoms with E-state index < -0.39 is 0 Å². The summed E-state index contributed by atoms with van der Waals surface area (Å²) in [5.74, 6) is 0.328. The van der Waals surface area contributed by atoms with Crippen molar-refractivity contribution in [1.29, 1.82) is 0 Å². The van der Waals surface area contributed by atoms with Crippen molar-refractivity contribution in [2.45, 2.75) is 33.1 Å². The van der Waals surface area contributed by atoms with Gasteiger partial charge < -0.3 is 10.2 Å². The Morgan fingerprint density at radius 3 is 2.63 bits per heavy atom. The average molecular weight is 387 g/mol. The lowest BCUT2D eigenvalue weighted by molar-refractivity contribution is -0.121. The molecule has 1 aliphatic heterocycles. The zero-order valence-electron chi connectivity index (χ0n) is 16.1. The molecule has 1 aromatic heterocycles. The zero-order chi connectivity index (χ0) is 19.4. The fraction of sp³-hybridized carbons (Fsp3) is 0.450. The summed E-state index contributed by atoms with van der Waals surface area (Å²) in [5.41, 5.74) is 3.12. The molecular weight excluding hydrogens is 360 g/mol. The van der Waals surface area contributed by atoms with Crippen molar-refractivity contribution in [3.8, 4) is 0 Å². The van der Waals surface area contributed by atoms with Crippen LogP contribution in [-0.2, 0) is 11.2 Å². The van der Waals surface area contributed by atoms with Crippen LogP contribution in [0.25, 0.3) is 0 Å². The van der Waals surface area contributed by atoms with Crippen LogP contribution in [0.3, 0.4) is 0 Å². The van der Waals surface area contributed by atoms with Crippen molar-refractivity contribution >= 4 is 29.0 Å². The Kier molecular flexibility index (Phi) is 6.11. The van der Waals surface area contributed by atoms with Gasteiger partial charge in [-0.15, -0.1) is 11.3 Å². The molecule has 0 atom stereocenters. The lowest BCUT2D eigenvalue weighted by Gasteiger charge is -2.19. The first kappa shape index (κ1) is 19.4. The Bertz CT molecular complexity index is 801. The molecule has 1 saturated heterocycles. The molecule has 1 N–H and O–H groups in total. The Labute approximate surface area is 164 Å². The number of carbonyl (C=O) groups excluding carboxylic acids is 2. The second-order valence-corrected chi connectivity index (χ2v) is 8.12. The minimum atomic E-state index is -0.132. The van der Waals surface area contributed by atoms with Crippen LogP contribution in [-0.4, -0.2) is 48.0 Å². The summed E-state index contributed by atoms with van der Waals surface area (Å²) >= 11 is 1.61. The van der Waals surface area contributed by atoms with Gasteiger partial charge in [0.05, 0.1) is 10.7 Å². The van der Waals surface area contributed by atoms with E-state index in [1.165, 1.54) is 5.56 Å². The average Bonchev–Trinajstić information content (AvgIpc) is 3.21. The molecule has 144 valence electrons. The highest BCUT2D eigenvalue weighted by atomic mass is 32.1. The van der Waals surface area contributed by atoms with Gasteiger partial charge in [0.2, 0.25) is 5.91 Å². The third-order valence-corrected chi connectivity index (χ3v) is 5.49. The Morgan fingerprint density at radius 2 is 2.00 bits per heavy atom. The molecule has 0 aliphatic carbocycles. The van der Waals surface area contributed by atoms with E-state index in [4.69, 9.17) is 0 Å². The van der Waals surface area contributed by atoms with E-state index in [-0.39, 0.29) is 18.5 Å². The number of rotatable bonds is 7. The third kappa shape index (κ3) is 4.86. The summed E-state index contributed by atoms with van der Waals surface area (Å²) in [6.07, 6.45) is 0.707. The van der Waals surface area contributed by atoms with Crippen LogP contribution in [0.5, 0.6) is 0 Å². The molecule has 0 unspecified atom stereocenters. The van der Waals surface area contributed by atoms with Gasteiger partial charge in [-0.05, 0) is 30.5 Å². The molecule has 0 spiro atoms. The molecular formula is C20H26N4O2S. The number of amides is 3. The van der Waals surface area contributed by atoms with E-state index in [1.54, 1.807) is 21.1 Å². The van der Waals surface area contributed by atoms with Crippen LogP contribution in [0.4, 0.5) is 10.5 Å². The number of thiazole rings is 1. The fourth-order valence-electron chi connectivity index (χ4n) is 3.09. The molecule has 0 radical (unpaired) electrons. The molecule has 3 rings (SSSR count). The molecule has 2 aromatic rings. The van der Waals surface area contributed by atoms with E-state index in [0.717, 1.165) is 16.4 Å². The van der Waals surface area contributed by atoms with Gasteiger partial charge in [0.1, 0.15) is 6.54 Å². The second-order valence-electron chi connectivity index (χ2n) is 7.06. The fourth-order valence-corrected chi connectivity index (χ4v) is 3.74. The van der Waals surface area contributed by atoms with Crippen LogP contribution in [0, 0.1) is 6.92 Å². The topological polar surface area (TPSA) is 65.5 Å². The number of hydrogen-bond donors (Lipinski definition) is 1. The number of anilines is 1. The Hall–Kier alpha value is -2.41. The van der Waals surface area contributed by atoms with Crippen molar-refractivity contribution in [2.24, 2.45) is 0 Å². The van der Waals surface area contributed by atoms with Crippen molar-refractivity contribution < 1.29 is 9.59 Å². The largest absolute Gasteiger partial charge is 0.354 e. The number of carbonyl (C=O) groups is 2. The van der Waals surface area contributed by atoms with Gasteiger partial charge in [-0.3, -0.25) is 9.69 Å². The lowest BCUT2D eigenvalue weighted by Crippen LogP contribution is -2.40. The summed E-state index contributed by atoms with van der Waals surface area (Å²) in [4.78, 5) is 32.5. The van der Waals surface area contributed by atoms with Crippen LogP contribution in [0.1, 0.15) is 36.0 Å². The predicted molar refractivity (Wildman–Crippen MR) is 108 cm³/mol. The van der Waals surface area contributed by atoms with Gasteiger partial charge >= 0.3 is 6.03 Å². The molecule has 2 heterocycles. The van der Waals surface area contributed by atoms with E-state index in [2.05, 4.69) is 36.3 Å². The van der Waals surface area contributed by atoms with E-state index in [0.29, 0.717) is 32.0 Å². The molecule has 7 heteroatoms. The molecule has 3 amide bonds.